The first-order chi connectivity index (χ1) is 4.44. The highest BCUT2D eigenvalue weighted by molar-refractivity contribution is 4.81. The molecule has 1 aliphatic heterocycles. The Labute approximate surface area is 54.2 Å². The maximum atomic E-state index is 11.5. The highest BCUT2D eigenvalue weighted by atomic mass is 19.4. The van der Waals surface area contributed by atoms with Crippen molar-refractivity contribution in [3.05, 3.63) is 0 Å². The van der Waals surface area contributed by atoms with Gasteiger partial charge in [0.15, 0.2) is 0 Å². The van der Waals surface area contributed by atoms with Crippen molar-refractivity contribution in [2.45, 2.75) is 12.6 Å². The summed E-state index contributed by atoms with van der Waals surface area (Å²) in [7, 11) is 0. The summed E-state index contributed by atoms with van der Waals surface area (Å²) in [6, 6.07) is 0. The molecule has 62 valence electrons. The van der Waals surface area contributed by atoms with E-state index in [4.69, 9.17) is 0 Å². The normalized spacial score (nSPS) is 21.0. The van der Waals surface area contributed by atoms with Gasteiger partial charge in [0, 0.05) is 0 Å². The van der Waals surface area contributed by atoms with Crippen LogP contribution in [-0.4, -0.2) is 25.7 Å². The number of hydrogen-bond acceptors (Lipinski definition) is 1. The van der Waals surface area contributed by atoms with Crippen LogP contribution in [0, 0.1) is 0 Å². The van der Waals surface area contributed by atoms with E-state index in [9.17, 15) is 22.0 Å². The summed E-state index contributed by atoms with van der Waals surface area (Å²) in [4.78, 5) is 0. The molecule has 0 atom stereocenters. The SMILES string of the molecule is FC(F)F.FC1(F)CNC1. The molecule has 0 spiro atoms. The van der Waals surface area contributed by atoms with E-state index in [0.717, 1.165) is 0 Å². The van der Waals surface area contributed by atoms with Crippen LogP contribution >= 0.6 is 0 Å². The lowest BCUT2D eigenvalue weighted by atomic mass is 10.2. The molecule has 0 radical (unpaired) electrons. The third-order valence-electron chi connectivity index (χ3n) is 0.767. The monoisotopic (exact) mass is 163 g/mol. The molecule has 0 unspecified atom stereocenters. The topological polar surface area (TPSA) is 12.0 Å². The fraction of sp³-hybridized carbons (Fsp3) is 1.00. The van der Waals surface area contributed by atoms with Gasteiger partial charge in [-0.2, -0.15) is 13.2 Å². The Balaban J connectivity index is 0.000000180. The summed E-state index contributed by atoms with van der Waals surface area (Å²) in [6.45, 7) is -3.93. The molecule has 0 aromatic heterocycles. The van der Waals surface area contributed by atoms with Gasteiger partial charge >= 0.3 is 6.68 Å². The lowest BCUT2D eigenvalue weighted by Gasteiger charge is -2.25. The van der Waals surface area contributed by atoms with Crippen molar-refractivity contribution in [1.82, 2.24) is 5.32 Å². The van der Waals surface area contributed by atoms with Crippen molar-refractivity contribution in [1.29, 1.82) is 0 Å². The molecule has 0 amide bonds. The molecule has 0 aliphatic carbocycles. The Morgan fingerprint density at radius 2 is 1.30 bits per heavy atom. The summed E-state index contributed by atoms with van der Waals surface area (Å²) in [6.07, 6.45) is 0. The van der Waals surface area contributed by atoms with Gasteiger partial charge in [0.25, 0.3) is 5.92 Å². The third kappa shape index (κ3) is 5.74. The molecule has 1 aliphatic rings. The van der Waals surface area contributed by atoms with Gasteiger partial charge in [-0.1, -0.05) is 0 Å². The van der Waals surface area contributed by atoms with E-state index >= 15 is 0 Å². The number of alkyl halides is 5. The van der Waals surface area contributed by atoms with Crippen LogP contribution in [0.5, 0.6) is 0 Å². The number of hydrogen-bond donors (Lipinski definition) is 1. The highest BCUT2D eigenvalue weighted by Crippen LogP contribution is 2.16. The first-order valence-electron chi connectivity index (χ1n) is 2.45. The summed E-state index contributed by atoms with van der Waals surface area (Å²) in [5.41, 5.74) is 0. The predicted molar refractivity (Wildman–Crippen MR) is 24.9 cm³/mol. The average Bonchev–Trinajstić information content (AvgIpc) is 1.60. The zero-order valence-corrected chi connectivity index (χ0v) is 4.88. The van der Waals surface area contributed by atoms with Crippen LogP contribution < -0.4 is 5.32 Å². The predicted octanol–water partition coefficient (Wildman–Crippen LogP) is 1.40. The molecule has 1 N–H and O–H groups in total. The molecule has 1 heterocycles. The number of nitrogens with one attached hydrogen (secondary N) is 1. The summed E-state index contributed by atoms with van der Waals surface area (Å²) < 4.78 is 52.0. The van der Waals surface area contributed by atoms with E-state index in [1.807, 2.05) is 0 Å². The van der Waals surface area contributed by atoms with Crippen LogP contribution in [0.1, 0.15) is 0 Å². The maximum Gasteiger partial charge on any atom is 0.379 e. The first-order valence-corrected chi connectivity index (χ1v) is 2.45. The molecular formula is C4H6F5N. The smallest absolute Gasteiger partial charge is 0.305 e. The minimum Gasteiger partial charge on any atom is -0.305 e. The zero-order chi connectivity index (χ0) is 8.20. The second kappa shape index (κ2) is 3.70. The van der Waals surface area contributed by atoms with E-state index < -0.39 is 12.6 Å². The Bertz CT molecular complexity index is 84.9. The van der Waals surface area contributed by atoms with Crippen molar-refractivity contribution in [3.63, 3.8) is 0 Å². The molecule has 1 nitrogen and oxygen atoms in total. The molecule has 0 aromatic carbocycles. The van der Waals surface area contributed by atoms with Crippen molar-refractivity contribution in [2.75, 3.05) is 13.1 Å². The van der Waals surface area contributed by atoms with E-state index in [-0.39, 0.29) is 13.1 Å². The fourth-order valence-corrected chi connectivity index (χ4v) is 0.314. The van der Waals surface area contributed by atoms with Crippen molar-refractivity contribution < 1.29 is 22.0 Å². The van der Waals surface area contributed by atoms with Crippen LogP contribution in [0.4, 0.5) is 22.0 Å². The van der Waals surface area contributed by atoms with Crippen LogP contribution in [0.2, 0.25) is 0 Å². The van der Waals surface area contributed by atoms with Crippen molar-refractivity contribution >= 4 is 0 Å². The molecule has 1 fully saturated rings. The Morgan fingerprint density at radius 3 is 1.30 bits per heavy atom. The van der Waals surface area contributed by atoms with E-state index in [1.54, 1.807) is 0 Å². The molecule has 10 heavy (non-hydrogen) atoms. The van der Waals surface area contributed by atoms with Crippen molar-refractivity contribution in [3.8, 4) is 0 Å². The van der Waals surface area contributed by atoms with Crippen LogP contribution in [-0.2, 0) is 0 Å². The Morgan fingerprint density at radius 1 is 1.10 bits per heavy atom. The largest absolute Gasteiger partial charge is 0.379 e. The van der Waals surface area contributed by atoms with E-state index in [1.165, 1.54) is 0 Å². The summed E-state index contributed by atoms with van der Waals surface area (Å²) in [5.74, 6) is -2.39. The highest BCUT2D eigenvalue weighted by Gasteiger charge is 2.36. The standard InChI is InChI=1S/C3H5F2N.CHF3/c4-3(5)1-6-2-3;2-1(3)4/h6H,1-2H2;1H. The summed E-state index contributed by atoms with van der Waals surface area (Å²) in [5, 5.41) is 2.45. The van der Waals surface area contributed by atoms with Gasteiger partial charge in [-0.25, -0.2) is 8.78 Å². The number of halogens is 5. The molecule has 0 bridgehead atoms. The van der Waals surface area contributed by atoms with E-state index in [0.29, 0.717) is 0 Å². The van der Waals surface area contributed by atoms with Gasteiger partial charge in [0.2, 0.25) is 0 Å². The zero-order valence-electron chi connectivity index (χ0n) is 4.88. The average molecular weight is 163 g/mol. The first kappa shape index (κ1) is 9.61. The minimum absolute atomic E-state index is 0.132. The van der Waals surface area contributed by atoms with E-state index in [2.05, 4.69) is 5.32 Å². The fourth-order valence-electron chi connectivity index (χ4n) is 0.314. The van der Waals surface area contributed by atoms with Crippen molar-refractivity contribution in [2.24, 2.45) is 0 Å². The van der Waals surface area contributed by atoms with Crippen LogP contribution in [0.15, 0.2) is 0 Å². The third-order valence-corrected chi connectivity index (χ3v) is 0.767. The summed E-state index contributed by atoms with van der Waals surface area (Å²) >= 11 is 0. The van der Waals surface area contributed by atoms with Gasteiger partial charge in [-0.15, -0.1) is 0 Å². The lowest BCUT2D eigenvalue weighted by Crippen LogP contribution is -2.52. The molecule has 0 aromatic rings. The van der Waals surface area contributed by atoms with Gasteiger partial charge in [0.05, 0.1) is 13.1 Å². The quantitative estimate of drug-likeness (QED) is 0.532. The van der Waals surface area contributed by atoms with Gasteiger partial charge in [0.1, 0.15) is 0 Å². The second-order valence-electron chi connectivity index (χ2n) is 1.71. The molecule has 1 saturated heterocycles. The molecular weight excluding hydrogens is 157 g/mol. The Kier molecular flexibility index (Phi) is 3.55. The Hall–Kier alpha value is -0.390. The minimum atomic E-state index is -3.67. The van der Waals surface area contributed by atoms with Gasteiger partial charge in [-0.3, -0.25) is 0 Å². The maximum absolute atomic E-state index is 11.5. The number of rotatable bonds is 0. The van der Waals surface area contributed by atoms with Crippen LogP contribution in [0.25, 0.3) is 0 Å². The molecule has 0 saturated carbocycles. The van der Waals surface area contributed by atoms with Crippen LogP contribution in [0.3, 0.4) is 0 Å². The molecule has 1 rings (SSSR count). The molecule has 6 heteroatoms. The van der Waals surface area contributed by atoms with Gasteiger partial charge < -0.3 is 5.32 Å². The van der Waals surface area contributed by atoms with Gasteiger partial charge in [-0.05, 0) is 0 Å². The second-order valence-corrected chi connectivity index (χ2v) is 1.71. The lowest BCUT2D eigenvalue weighted by molar-refractivity contribution is -0.0475.